The lowest BCUT2D eigenvalue weighted by Gasteiger charge is -2.14. The number of rotatable bonds is 6. The number of hydrogen-bond donors (Lipinski definition) is 2. The molecular formula is C14H21ClN2O. The van der Waals surface area contributed by atoms with E-state index in [9.17, 15) is 4.79 Å². The van der Waals surface area contributed by atoms with Crippen LogP contribution in [0.3, 0.4) is 0 Å². The molecule has 1 rings (SSSR count). The fraction of sp³-hybridized carbons (Fsp3) is 0.500. The van der Waals surface area contributed by atoms with Crippen LogP contribution in [-0.4, -0.2) is 12.5 Å². The minimum Gasteiger partial charge on any atom is -0.398 e. The van der Waals surface area contributed by atoms with E-state index < -0.39 is 0 Å². The zero-order valence-corrected chi connectivity index (χ0v) is 11.8. The summed E-state index contributed by atoms with van der Waals surface area (Å²) >= 11 is 5.89. The first-order chi connectivity index (χ1) is 8.58. The standard InChI is InChI=1S/C14H21ClN2O/c1-3-5-10(4-2)9-17-14(18)11-6-7-13(16)12(15)8-11/h6-8,10H,3-5,9,16H2,1-2H3,(H,17,18). The second kappa shape index (κ2) is 7.27. The first kappa shape index (κ1) is 14.8. The molecule has 18 heavy (non-hydrogen) atoms. The van der Waals surface area contributed by atoms with Gasteiger partial charge in [-0.2, -0.15) is 0 Å². The van der Waals surface area contributed by atoms with Gasteiger partial charge in [0.1, 0.15) is 0 Å². The normalized spacial score (nSPS) is 12.2. The molecule has 1 atom stereocenters. The maximum Gasteiger partial charge on any atom is 0.251 e. The molecule has 0 spiro atoms. The predicted molar refractivity (Wildman–Crippen MR) is 76.9 cm³/mol. The van der Waals surface area contributed by atoms with E-state index >= 15 is 0 Å². The highest BCUT2D eigenvalue weighted by Gasteiger charge is 2.10. The van der Waals surface area contributed by atoms with Crippen LogP contribution < -0.4 is 11.1 Å². The second-order valence-electron chi connectivity index (χ2n) is 4.51. The highest BCUT2D eigenvalue weighted by atomic mass is 35.5. The number of nitrogens with two attached hydrogens (primary N) is 1. The topological polar surface area (TPSA) is 55.1 Å². The molecule has 0 aliphatic carbocycles. The SMILES string of the molecule is CCCC(CC)CNC(=O)c1ccc(N)c(Cl)c1. The lowest BCUT2D eigenvalue weighted by Crippen LogP contribution is -2.29. The van der Waals surface area contributed by atoms with Gasteiger partial charge >= 0.3 is 0 Å². The highest BCUT2D eigenvalue weighted by molar-refractivity contribution is 6.33. The number of hydrogen-bond acceptors (Lipinski definition) is 2. The van der Waals surface area contributed by atoms with Crippen molar-refractivity contribution < 1.29 is 4.79 Å². The molecule has 4 heteroatoms. The molecule has 3 N–H and O–H groups in total. The average molecular weight is 269 g/mol. The molecule has 0 heterocycles. The lowest BCUT2D eigenvalue weighted by molar-refractivity contribution is 0.0946. The summed E-state index contributed by atoms with van der Waals surface area (Å²) in [6.45, 7) is 5.02. The zero-order valence-electron chi connectivity index (χ0n) is 11.0. The number of nitrogens with one attached hydrogen (secondary N) is 1. The molecule has 1 aromatic carbocycles. The monoisotopic (exact) mass is 268 g/mol. The Balaban J connectivity index is 2.57. The van der Waals surface area contributed by atoms with Gasteiger partial charge in [0.15, 0.2) is 0 Å². The molecule has 0 radical (unpaired) electrons. The van der Waals surface area contributed by atoms with Crippen LogP contribution in [0.15, 0.2) is 18.2 Å². The fourth-order valence-electron chi connectivity index (χ4n) is 1.87. The van der Waals surface area contributed by atoms with Gasteiger partial charge in [-0.3, -0.25) is 4.79 Å². The van der Waals surface area contributed by atoms with Crippen LogP contribution in [0.5, 0.6) is 0 Å². The molecule has 100 valence electrons. The summed E-state index contributed by atoms with van der Waals surface area (Å²) in [6.07, 6.45) is 3.36. The number of halogens is 1. The summed E-state index contributed by atoms with van der Waals surface area (Å²) < 4.78 is 0. The third-order valence-electron chi connectivity index (χ3n) is 3.09. The molecule has 0 fully saturated rings. The molecule has 1 aromatic rings. The van der Waals surface area contributed by atoms with Gasteiger partial charge in [0.05, 0.1) is 10.7 Å². The Morgan fingerprint density at radius 1 is 1.44 bits per heavy atom. The van der Waals surface area contributed by atoms with Crippen molar-refractivity contribution in [3.63, 3.8) is 0 Å². The zero-order chi connectivity index (χ0) is 13.5. The van der Waals surface area contributed by atoms with Crippen molar-refractivity contribution in [2.75, 3.05) is 12.3 Å². The van der Waals surface area contributed by atoms with Gasteiger partial charge in [-0.15, -0.1) is 0 Å². The van der Waals surface area contributed by atoms with E-state index in [1.807, 2.05) is 0 Å². The Kier molecular flexibility index (Phi) is 5.99. The first-order valence-corrected chi connectivity index (χ1v) is 6.79. The largest absolute Gasteiger partial charge is 0.398 e. The van der Waals surface area contributed by atoms with E-state index in [4.69, 9.17) is 17.3 Å². The molecule has 1 unspecified atom stereocenters. The van der Waals surface area contributed by atoms with Gasteiger partial charge in [0, 0.05) is 12.1 Å². The number of nitrogen functional groups attached to an aromatic ring is 1. The quantitative estimate of drug-likeness (QED) is 0.776. The lowest BCUT2D eigenvalue weighted by atomic mass is 10.0. The molecule has 3 nitrogen and oxygen atoms in total. The van der Waals surface area contributed by atoms with Crippen molar-refractivity contribution in [2.24, 2.45) is 5.92 Å². The van der Waals surface area contributed by atoms with Crippen LogP contribution in [0.25, 0.3) is 0 Å². The number of carbonyl (C=O) groups excluding carboxylic acids is 1. The van der Waals surface area contributed by atoms with Crippen molar-refractivity contribution in [2.45, 2.75) is 33.1 Å². The van der Waals surface area contributed by atoms with Crippen molar-refractivity contribution >= 4 is 23.2 Å². The van der Waals surface area contributed by atoms with Crippen molar-refractivity contribution in [1.29, 1.82) is 0 Å². The van der Waals surface area contributed by atoms with Gasteiger partial charge in [-0.05, 0) is 30.5 Å². The Hall–Kier alpha value is -1.22. The van der Waals surface area contributed by atoms with Crippen LogP contribution in [0.4, 0.5) is 5.69 Å². The molecule has 0 aliphatic heterocycles. The molecule has 0 saturated carbocycles. The maximum absolute atomic E-state index is 11.9. The molecular weight excluding hydrogens is 248 g/mol. The van der Waals surface area contributed by atoms with E-state index in [0.717, 1.165) is 19.3 Å². The number of amides is 1. The maximum atomic E-state index is 11.9. The van der Waals surface area contributed by atoms with Crippen LogP contribution in [-0.2, 0) is 0 Å². The summed E-state index contributed by atoms with van der Waals surface area (Å²) in [4.78, 5) is 11.9. The number of anilines is 1. The van der Waals surface area contributed by atoms with Crippen LogP contribution in [0, 0.1) is 5.92 Å². The molecule has 0 aliphatic rings. The predicted octanol–water partition coefficient (Wildman–Crippen LogP) is 3.48. The number of carbonyl (C=O) groups is 1. The van der Waals surface area contributed by atoms with Gasteiger partial charge in [0.25, 0.3) is 5.91 Å². The molecule has 0 saturated heterocycles. The van der Waals surface area contributed by atoms with Crippen LogP contribution >= 0.6 is 11.6 Å². The average Bonchev–Trinajstić information content (AvgIpc) is 2.37. The van der Waals surface area contributed by atoms with E-state index in [1.54, 1.807) is 18.2 Å². The van der Waals surface area contributed by atoms with E-state index in [1.165, 1.54) is 0 Å². The summed E-state index contributed by atoms with van der Waals surface area (Å²) in [5.41, 5.74) is 6.66. The molecule has 0 bridgehead atoms. The van der Waals surface area contributed by atoms with E-state index in [-0.39, 0.29) is 5.91 Å². The molecule has 0 aromatic heterocycles. The first-order valence-electron chi connectivity index (χ1n) is 6.41. The van der Waals surface area contributed by atoms with Crippen molar-refractivity contribution in [1.82, 2.24) is 5.32 Å². The fourth-order valence-corrected chi connectivity index (χ4v) is 2.05. The smallest absolute Gasteiger partial charge is 0.251 e. The van der Waals surface area contributed by atoms with Gasteiger partial charge in [-0.25, -0.2) is 0 Å². The minimum absolute atomic E-state index is 0.0912. The summed E-state index contributed by atoms with van der Waals surface area (Å²) in [5, 5.41) is 3.36. The van der Waals surface area contributed by atoms with Gasteiger partial charge in [0.2, 0.25) is 0 Å². The van der Waals surface area contributed by atoms with E-state index in [2.05, 4.69) is 19.2 Å². The summed E-state index contributed by atoms with van der Waals surface area (Å²) in [6, 6.07) is 4.95. The Labute approximate surface area is 114 Å². The third kappa shape index (κ3) is 4.22. The summed E-state index contributed by atoms with van der Waals surface area (Å²) in [7, 11) is 0. The molecule has 1 amide bonds. The van der Waals surface area contributed by atoms with Crippen LogP contribution in [0.1, 0.15) is 43.5 Å². The number of benzene rings is 1. The summed E-state index contributed by atoms with van der Waals surface area (Å²) in [5.74, 6) is 0.453. The van der Waals surface area contributed by atoms with Crippen LogP contribution in [0.2, 0.25) is 5.02 Å². The Bertz CT molecular complexity index is 407. The Morgan fingerprint density at radius 3 is 2.72 bits per heavy atom. The van der Waals surface area contributed by atoms with Gasteiger partial charge in [-0.1, -0.05) is 38.3 Å². The minimum atomic E-state index is -0.0912. The highest BCUT2D eigenvalue weighted by Crippen LogP contribution is 2.19. The van der Waals surface area contributed by atoms with E-state index in [0.29, 0.717) is 28.7 Å². The third-order valence-corrected chi connectivity index (χ3v) is 3.42. The second-order valence-corrected chi connectivity index (χ2v) is 4.92. The van der Waals surface area contributed by atoms with Gasteiger partial charge < -0.3 is 11.1 Å². The Morgan fingerprint density at radius 2 is 2.17 bits per heavy atom. The van der Waals surface area contributed by atoms with Crippen molar-refractivity contribution in [3.05, 3.63) is 28.8 Å². The van der Waals surface area contributed by atoms with Crippen molar-refractivity contribution in [3.8, 4) is 0 Å².